The van der Waals surface area contributed by atoms with E-state index in [1.165, 1.54) is 23.3 Å². The first kappa shape index (κ1) is 23.1. The molecule has 1 aromatic heterocycles. The maximum absolute atomic E-state index is 13.6. The molecule has 1 fully saturated rings. The summed E-state index contributed by atoms with van der Waals surface area (Å²) in [6.45, 7) is 2.79. The Kier molecular flexibility index (Phi) is 7.28. The lowest BCUT2D eigenvalue weighted by molar-refractivity contribution is -0.136. The highest BCUT2D eigenvalue weighted by atomic mass is 32.1. The van der Waals surface area contributed by atoms with E-state index in [-0.39, 0.29) is 11.9 Å². The number of carbonyl (C=O) groups excluding carboxylic acids is 1. The highest BCUT2D eigenvalue weighted by molar-refractivity contribution is 7.10. The number of hydrogen-bond donors (Lipinski definition) is 1. The molecule has 0 spiro atoms. The summed E-state index contributed by atoms with van der Waals surface area (Å²) < 4.78 is 6.11. The molecule has 5 nitrogen and oxygen atoms in total. The van der Waals surface area contributed by atoms with E-state index in [1.54, 1.807) is 11.3 Å². The number of amides is 1. The average molecular weight is 477 g/mol. The fourth-order valence-electron chi connectivity index (χ4n) is 4.74. The van der Waals surface area contributed by atoms with Gasteiger partial charge in [-0.1, -0.05) is 48.5 Å². The van der Waals surface area contributed by atoms with Crippen LogP contribution in [0.3, 0.4) is 0 Å². The number of rotatable bonds is 10. The molecule has 1 amide bonds. The number of aliphatic hydroxyl groups excluding tert-OH is 1. The minimum absolute atomic E-state index is 0.0930. The van der Waals surface area contributed by atoms with Gasteiger partial charge in [0.25, 0.3) is 0 Å². The number of para-hydroxylation sites is 1. The van der Waals surface area contributed by atoms with Crippen LogP contribution in [0.1, 0.15) is 41.0 Å². The number of thiophene rings is 1. The molecular formula is C28H32N2O3S. The molecule has 0 bridgehead atoms. The summed E-state index contributed by atoms with van der Waals surface area (Å²) in [7, 11) is 0. The number of carbonyl (C=O) groups is 1. The lowest BCUT2D eigenvalue weighted by atomic mass is 10.00. The smallest absolute Gasteiger partial charge is 0.237 e. The van der Waals surface area contributed by atoms with Crippen molar-refractivity contribution in [1.29, 1.82) is 0 Å². The van der Waals surface area contributed by atoms with Crippen LogP contribution in [0.2, 0.25) is 0 Å². The molecule has 2 aromatic carbocycles. The first-order valence-electron chi connectivity index (χ1n) is 12.2. The van der Waals surface area contributed by atoms with Crippen molar-refractivity contribution < 1.29 is 14.6 Å². The molecular weight excluding hydrogens is 444 g/mol. The SMILES string of the molecule is O=C(CN(CC1CC1)C[C@@H](O)c1ccccc1)N1CCc2sccc2[C@H]1COc1ccccc1. The summed E-state index contributed by atoms with van der Waals surface area (Å²) in [5, 5.41) is 12.9. The number of hydrogen-bond acceptors (Lipinski definition) is 5. The zero-order chi connectivity index (χ0) is 23.3. The van der Waals surface area contributed by atoms with E-state index in [0.29, 0.717) is 32.2 Å². The van der Waals surface area contributed by atoms with Crippen molar-refractivity contribution in [3.8, 4) is 5.75 Å². The van der Waals surface area contributed by atoms with Crippen LogP contribution in [0.4, 0.5) is 0 Å². The first-order valence-corrected chi connectivity index (χ1v) is 13.0. The van der Waals surface area contributed by atoms with Gasteiger partial charge < -0.3 is 14.7 Å². The Morgan fingerprint density at radius 1 is 1.09 bits per heavy atom. The minimum atomic E-state index is -0.602. The molecule has 34 heavy (non-hydrogen) atoms. The second kappa shape index (κ2) is 10.7. The summed E-state index contributed by atoms with van der Waals surface area (Å²) in [4.78, 5) is 19.1. The topological polar surface area (TPSA) is 53.0 Å². The monoisotopic (exact) mass is 476 g/mol. The van der Waals surface area contributed by atoms with Crippen molar-refractivity contribution in [2.24, 2.45) is 5.92 Å². The number of benzene rings is 2. The molecule has 3 aromatic rings. The Bertz CT molecular complexity index is 1070. The van der Waals surface area contributed by atoms with E-state index in [2.05, 4.69) is 16.3 Å². The van der Waals surface area contributed by atoms with Gasteiger partial charge >= 0.3 is 0 Å². The lowest BCUT2D eigenvalue weighted by Crippen LogP contribution is -2.47. The molecule has 1 aliphatic heterocycles. The van der Waals surface area contributed by atoms with Crippen LogP contribution < -0.4 is 4.74 Å². The Morgan fingerprint density at radius 3 is 2.56 bits per heavy atom. The number of ether oxygens (including phenoxy) is 1. The van der Waals surface area contributed by atoms with E-state index < -0.39 is 6.10 Å². The van der Waals surface area contributed by atoms with Crippen molar-refractivity contribution in [2.45, 2.75) is 31.4 Å². The molecule has 5 rings (SSSR count). The Balaban J connectivity index is 1.29. The number of aliphatic hydroxyl groups is 1. The van der Waals surface area contributed by atoms with Gasteiger partial charge in [-0.15, -0.1) is 11.3 Å². The molecule has 178 valence electrons. The third kappa shape index (κ3) is 5.69. The van der Waals surface area contributed by atoms with Crippen molar-refractivity contribution in [3.63, 3.8) is 0 Å². The van der Waals surface area contributed by atoms with Crippen LogP contribution in [0.5, 0.6) is 5.75 Å². The van der Waals surface area contributed by atoms with Crippen LogP contribution >= 0.6 is 11.3 Å². The van der Waals surface area contributed by atoms with Crippen molar-refractivity contribution in [3.05, 3.63) is 88.1 Å². The predicted octanol–water partition coefficient (Wildman–Crippen LogP) is 4.70. The molecule has 6 heteroatoms. The maximum Gasteiger partial charge on any atom is 0.237 e. The van der Waals surface area contributed by atoms with E-state index in [9.17, 15) is 9.90 Å². The number of nitrogens with zero attached hydrogens (tertiary/aromatic N) is 2. The standard InChI is InChI=1S/C28H32N2O3S/c31-26(22-7-3-1-4-8-22)18-29(17-21-11-12-21)19-28(32)30-15-13-27-24(14-16-34-27)25(30)20-33-23-9-5-2-6-10-23/h1-10,14,16,21,25-26,31H,11-13,15,17-20H2/t25-,26-/m1/s1. The van der Waals surface area contributed by atoms with Crippen LogP contribution in [-0.2, 0) is 11.2 Å². The molecule has 1 aliphatic carbocycles. The van der Waals surface area contributed by atoms with E-state index in [0.717, 1.165) is 24.3 Å². The van der Waals surface area contributed by atoms with Crippen molar-refractivity contribution in [2.75, 3.05) is 32.8 Å². The molecule has 2 atom stereocenters. The molecule has 0 unspecified atom stereocenters. The van der Waals surface area contributed by atoms with E-state index >= 15 is 0 Å². The van der Waals surface area contributed by atoms with Gasteiger partial charge in [-0.05, 0) is 59.9 Å². The molecule has 2 aliphatic rings. The second-order valence-corrected chi connectivity index (χ2v) is 10.3. The highest BCUT2D eigenvalue weighted by Crippen LogP contribution is 2.35. The third-order valence-corrected chi connectivity index (χ3v) is 7.75. The third-order valence-electron chi connectivity index (χ3n) is 6.75. The largest absolute Gasteiger partial charge is 0.491 e. The van der Waals surface area contributed by atoms with Gasteiger partial charge in [0, 0.05) is 24.5 Å². The number of fused-ring (bicyclic) bond motifs is 1. The van der Waals surface area contributed by atoms with Crippen LogP contribution in [0, 0.1) is 5.92 Å². The van der Waals surface area contributed by atoms with Crippen molar-refractivity contribution in [1.82, 2.24) is 9.80 Å². The predicted molar refractivity (Wildman–Crippen MR) is 135 cm³/mol. The summed E-state index contributed by atoms with van der Waals surface area (Å²) in [6.07, 6.45) is 2.70. The fourth-order valence-corrected chi connectivity index (χ4v) is 5.67. The zero-order valence-corrected chi connectivity index (χ0v) is 20.2. The van der Waals surface area contributed by atoms with Gasteiger partial charge in [-0.2, -0.15) is 0 Å². The summed E-state index contributed by atoms with van der Waals surface area (Å²) in [5.74, 6) is 1.57. The van der Waals surface area contributed by atoms with E-state index in [1.807, 2.05) is 65.6 Å². The van der Waals surface area contributed by atoms with Gasteiger partial charge in [0.1, 0.15) is 12.4 Å². The van der Waals surface area contributed by atoms with Gasteiger partial charge in [-0.3, -0.25) is 9.69 Å². The quantitative estimate of drug-likeness (QED) is 0.461. The highest BCUT2D eigenvalue weighted by Gasteiger charge is 2.34. The molecule has 0 saturated heterocycles. The molecule has 1 N–H and O–H groups in total. The van der Waals surface area contributed by atoms with Crippen LogP contribution in [0.25, 0.3) is 0 Å². The molecule has 1 saturated carbocycles. The zero-order valence-electron chi connectivity index (χ0n) is 19.4. The first-order chi connectivity index (χ1) is 16.7. The van der Waals surface area contributed by atoms with Gasteiger partial charge in [0.05, 0.1) is 18.7 Å². The Labute approximate surface area is 205 Å². The fraction of sp³-hybridized carbons (Fsp3) is 0.393. The maximum atomic E-state index is 13.6. The van der Waals surface area contributed by atoms with Gasteiger partial charge in [0.2, 0.25) is 5.91 Å². The van der Waals surface area contributed by atoms with E-state index in [4.69, 9.17) is 4.74 Å². The van der Waals surface area contributed by atoms with Crippen molar-refractivity contribution >= 4 is 17.2 Å². The summed E-state index contributed by atoms with van der Waals surface area (Å²) in [5.41, 5.74) is 2.10. The van der Waals surface area contributed by atoms with Gasteiger partial charge in [0.15, 0.2) is 0 Å². The Hall–Kier alpha value is -2.67. The Morgan fingerprint density at radius 2 is 1.82 bits per heavy atom. The second-order valence-electron chi connectivity index (χ2n) is 9.34. The molecule has 2 heterocycles. The summed E-state index contributed by atoms with van der Waals surface area (Å²) >= 11 is 1.76. The normalized spacial score (nSPS) is 18.5. The lowest BCUT2D eigenvalue weighted by Gasteiger charge is -2.37. The average Bonchev–Trinajstić information content (AvgIpc) is 3.55. The van der Waals surface area contributed by atoms with Crippen LogP contribution in [0.15, 0.2) is 72.1 Å². The van der Waals surface area contributed by atoms with Crippen LogP contribution in [-0.4, -0.2) is 53.6 Å². The molecule has 0 radical (unpaired) electrons. The van der Waals surface area contributed by atoms with Gasteiger partial charge in [-0.25, -0.2) is 0 Å². The minimum Gasteiger partial charge on any atom is -0.491 e. The summed E-state index contributed by atoms with van der Waals surface area (Å²) in [6, 6.07) is 21.6.